The standard InChI is InChI=1S/C20H20N2O4S/c1-25-13-8-5-6-11-10-14(26-17(11)13)19(24)22-20-16(18(21)23)12-7-3-2-4-9-15(12)27-20/h5-6,8,10H,2-4,7,9H2,1H3,(H2,21,23)(H,22,24). The van der Waals surface area contributed by atoms with Crippen LogP contribution in [0, 0.1) is 0 Å². The molecule has 0 radical (unpaired) electrons. The summed E-state index contributed by atoms with van der Waals surface area (Å²) in [6.45, 7) is 0. The van der Waals surface area contributed by atoms with E-state index < -0.39 is 11.8 Å². The van der Waals surface area contributed by atoms with Crippen LogP contribution in [0.4, 0.5) is 5.00 Å². The summed E-state index contributed by atoms with van der Waals surface area (Å²) < 4.78 is 11.0. The van der Waals surface area contributed by atoms with Crippen LogP contribution in [0.25, 0.3) is 11.0 Å². The van der Waals surface area contributed by atoms with E-state index in [1.807, 2.05) is 12.1 Å². The molecule has 6 nitrogen and oxygen atoms in total. The molecular formula is C20H20N2O4S. The maximum Gasteiger partial charge on any atom is 0.292 e. The van der Waals surface area contributed by atoms with Gasteiger partial charge in [0, 0.05) is 10.3 Å². The van der Waals surface area contributed by atoms with Gasteiger partial charge >= 0.3 is 0 Å². The van der Waals surface area contributed by atoms with Gasteiger partial charge in [0.2, 0.25) is 0 Å². The average Bonchev–Trinajstić information content (AvgIpc) is 3.16. The zero-order chi connectivity index (χ0) is 19.0. The van der Waals surface area contributed by atoms with Gasteiger partial charge in [-0.15, -0.1) is 11.3 Å². The molecular weight excluding hydrogens is 364 g/mol. The summed E-state index contributed by atoms with van der Waals surface area (Å²) in [6.07, 6.45) is 4.99. The predicted molar refractivity (Wildman–Crippen MR) is 105 cm³/mol. The number of nitrogens with one attached hydrogen (secondary N) is 1. The number of hydrogen-bond acceptors (Lipinski definition) is 5. The Hall–Kier alpha value is -2.80. The summed E-state index contributed by atoms with van der Waals surface area (Å²) >= 11 is 1.44. The van der Waals surface area contributed by atoms with Crippen LogP contribution in [0.2, 0.25) is 0 Å². The van der Waals surface area contributed by atoms with Gasteiger partial charge < -0.3 is 20.2 Å². The monoisotopic (exact) mass is 384 g/mol. The summed E-state index contributed by atoms with van der Waals surface area (Å²) in [5.74, 6) is -0.191. The molecule has 0 atom stereocenters. The van der Waals surface area contributed by atoms with Gasteiger partial charge in [-0.25, -0.2) is 0 Å². The minimum atomic E-state index is -0.504. The van der Waals surface area contributed by atoms with E-state index in [0.717, 1.165) is 47.9 Å². The number of rotatable bonds is 4. The Labute approximate surface area is 160 Å². The van der Waals surface area contributed by atoms with Crippen molar-refractivity contribution in [2.24, 2.45) is 5.73 Å². The molecule has 0 bridgehead atoms. The second-order valence-corrected chi connectivity index (χ2v) is 7.68. The van der Waals surface area contributed by atoms with Crippen molar-refractivity contribution in [2.75, 3.05) is 12.4 Å². The molecule has 0 unspecified atom stereocenters. The van der Waals surface area contributed by atoms with Crippen molar-refractivity contribution in [3.63, 3.8) is 0 Å². The van der Waals surface area contributed by atoms with Crippen molar-refractivity contribution in [1.29, 1.82) is 0 Å². The third-order valence-electron chi connectivity index (χ3n) is 4.85. The highest BCUT2D eigenvalue weighted by Gasteiger charge is 2.25. The number of aryl methyl sites for hydroxylation is 1. The van der Waals surface area contributed by atoms with Crippen LogP contribution in [-0.2, 0) is 12.8 Å². The smallest absolute Gasteiger partial charge is 0.292 e. The van der Waals surface area contributed by atoms with E-state index >= 15 is 0 Å². The molecule has 3 aromatic rings. The number of amides is 2. The number of ether oxygens (including phenoxy) is 1. The quantitative estimate of drug-likeness (QED) is 0.662. The second-order valence-electron chi connectivity index (χ2n) is 6.58. The molecule has 27 heavy (non-hydrogen) atoms. The van der Waals surface area contributed by atoms with Crippen LogP contribution in [0.1, 0.15) is 50.6 Å². The minimum absolute atomic E-state index is 0.161. The first-order valence-electron chi connectivity index (χ1n) is 8.90. The first-order valence-corrected chi connectivity index (χ1v) is 9.72. The zero-order valence-corrected chi connectivity index (χ0v) is 15.8. The highest BCUT2D eigenvalue weighted by molar-refractivity contribution is 7.17. The lowest BCUT2D eigenvalue weighted by molar-refractivity contribution is 0.0999. The van der Waals surface area contributed by atoms with Crippen LogP contribution in [0.5, 0.6) is 5.75 Å². The van der Waals surface area contributed by atoms with Crippen LogP contribution in [0.15, 0.2) is 28.7 Å². The molecule has 4 rings (SSSR count). The van der Waals surface area contributed by atoms with E-state index in [-0.39, 0.29) is 5.76 Å². The third-order valence-corrected chi connectivity index (χ3v) is 6.05. The van der Waals surface area contributed by atoms with Gasteiger partial charge in [0.1, 0.15) is 5.00 Å². The molecule has 0 aliphatic heterocycles. The van der Waals surface area contributed by atoms with E-state index in [9.17, 15) is 9.59 Å². The molecule has 1 aliphatic carbocycles. The Kier molecular flexibility index (Phi) is 4.61. The van der Waals surface area contributed by atoms with Gasteiger partial charge in [-0.05, 0) is 43.4 Å². The van der Waals surface area contributed by atoms with Crippen molar-refractivity contribution in [3.8, 4) is 5.75 Å². The Bertz CT molecular complexity index is 1030. The van der Waals surface area contributed by atoms with Crippen LogP contribution >= 0.6 is 11.3 Å². The topological polar surface area (TPSA) is 94.6 Å². The number of para-hydroxylation sites is 1. The number of hydrogen-bond donors (Lipinski definition) is 2. The summed E-state index contributed by atoms with van der Waals surface area (Å²) in [5, 5.41) is 4.11. The fraction of sp³-hybridized carbons (Fsp3) is 0.300. The number of methoxy groups -OCH3 is 1. The fourth-order valence-electron chi connectivity index (χ4n) is 3.57. The number of carbonyl (C=O) groups is 2. The number of furan rings is 1. The predicted octanol–water partition coefficient (Wildman–Crippen LogP) is 4.12. The van der Waals surface area contributed by atoms with Crippen LogP contribution < -0.4 is 15.8 Å². The third kappa shape index (κ3) is 3.19. The summed E-state index contributed by atoms with van der Waals surface area (Å²) in [7, 11) is 1.55. The molecule has 2 amide bonds. The van der Waals surface area contributed by atoms with E-state index in [2.05, 4.69) is 5.32 Å². The van der Waals surface area contributed by atoms with Crippen molar-refractivity contribution < 1.29 is 18.7 Å². The van der Waals surface area contributed by atoms with Crippen molar-refractivity contribution in [3.05, 3.63) is 46.0 Å². The molecule has 1 aliphatic rings. The maximum absolute atomic E-state index is 12.7. The van der Waals surface area contributed by atoms with E-state index in [1.54, 1.807) is 19.2 Å². The fourth-order valence-corrected chi connectivity index (χ4v) is 4.85. The largest absolute Gasteiger partial charge is 0.493 e. The highest BCUT2D eigenvalue weighted by Crippen LogP contribution is 2.38. The number of fused-ring (bicyclic) bond motifs is 2. The van der Waals surface area contributed by atoms with E-state index in [1.165, 1.54) is 11.3 Å². The Morgan fingerprint density at radius 3 is 2.81 bits per heavy atom. The lowest BCUT2D eigenvalue weighted by Gasteiger charge is -2.05. The number of thiophene rings is 1. The van der Waals surface area contributed by atoms with Gasteiger partial charge in [0.25, 0.3) is 11.8 Å². The van der Waals surface area contributed by atoms with Crippen molar-refractivity contribution >= 4 is 39.1 Å². The van der Waals surface area contributed by atoms with Crippen LogP contribution in [0.3, 0.4) is 0 Å². The first-order chi connectivity index (χ1) is 13.1. The normalized spacial score (nSPS) is 13.8. The molecule has 3 N–H and O–H groups in total. The van der Waals surface area contributed by atoms with Crippen molar-refractivity contribution in [1.82, 2.24) is 0 Å². The van der Waals surface area contributed by atoms with Crippen LogP contribution in [-0.4, -0.2) is 18.9 Å². The Morgan fingerprint density at radius 2 is 2.04 bits per heavy atom. The molecule has 0 spiro atoms. The molecule has 1 aromatic carbocycles. The molecule has 2 heterocycles. The molecule has 140 valence electrons. The molecule has 0 saturated carbocycles. The molecule has 0 saturated heterocycles. The first kappa shape index (κ1) is 17.6. The lowest BCUT2D eigenvalue weighted by atomic mass is 10.1. The van der Waals surface area contributed by atoms with Gasteiger partial charge in [-0.2, -0.15) is 0 Å². The Balaban J connectivity index is 1.68. The number of primary amides is 1. The number of carbonyl (C=O) groups excluding carboxylic acids is 2. The highest BCUT2D eigenvalue weighted by atomic mass is 32.1. The molecule has 2 aromatic heterocycles. The molecule has 0 fully saturated rings. The summed E-state index contributed by atoms with van der Waals surface area (Å²) in [5.41, 5.74) is 7.58. The summed E-state index contributed by atoms with van der Waals surface area (Å²) in [6, 6.07) is 7.12. The van der Waals surface area contributed by atoms with Gasteiger partial charge in [-0.1, -0.05) is 18.6 Å². The zero-order valence-electron chi connectivity index (χ0n) is 15.0. The molecule has 7 heteroatoms. The maximum atomic E-state index is 12.7. The van der Waals surface area contributed by atoms with E-state index in [4.69, 9.17) is 14.9 Å². The average molecular weight is 384 g/mol. The Morgan fingerprint density at radius 1 is 1.22 bits per heavy atom. The van der Waals surface area contributed by atoms with Gasteiger partial charge in [0.05, 0.1) is 12.7 Å². The number of nitrogens with two attached hydrogens (primary N) is 1. The van der Waals surface area contributed by atoms with Gasteiger partial charge in [-0.3, -0.25) is 9.59 Å². The number of anilines is 1. The van der Waals surface area contributed by atoms with E-state index in [0.29, 0.717) is 21.9 Å². The van der Waals surface area contributed by atoms with Crippen molar-refractivity contribution in [2.45, 2.75) is 32.1 Å². The second kappa shape index (κ2) is 7.08. The minimum Gasteiger partial charge on any atom is -0.493 e. The summed E-state index contributed by atoms with van der Waals surface area (Å²) in [4.78, 5) is 25.9. The van der Waals surface area contributed by atoms with Gasteiger partial charge in [0.15, 0.2) is 17.1 Å². The lowest BCUT2D eigenvalue weighted by Crippen LogP contribution is -2.17. The number of benzene rings is 1. The SMILES string of the molecule is COc1cccc2cc(C(=O)Nc3sc4c(c3C(N)=O)CCCCC4)oc12.